The van der Waals surface area contributed by atoms with Crippen LogP contribution in [0.2, 0.25) is 0 Å². The number of aryl methyl sites for hydroxylation is 1. The van der Waals surface area contributed by atoms with Crippen LogP contribution in [0.4, 0.5) is 0 Å². The number of likely N-dealkylation sites (tertiary alicyclic amines) is 1. The summed E-state index contributed by atoms with van der Waals surface area (Å²) in [6, 6.07) is 7.25. The molecule has 0 aromatic heterocycles. The van der Waals surface area contributed by atoms with Gasteiger partial charge in [-0.15, -0.1) is 0 Å². The lowest BCUT2D eigenvalue weighted by atomic mass is 9.99. The summed E-state index contributed by atoms with van der Waals surface area (Å²) in [6.07, 6.45) is 6.10. The normalized spacial score (nSPS) is 21.2. The molecule has 3 amide bonds. The Labute approximate surface area is 216 Å². The van der Waals surface area contributed by atoms with Gasteiger partial charge in [0.05, 0.1) is 6.54 Å². The van der Waals surface area contributed by atoms with Gasteiger partial charge in [-0.25, -0.2) is 0 Å². The van der Waals surface area contributed by atoms with Crippen molar-refractivity contribution in [3.05, 3.63) is 29.8 Å². The zero-order chi connectivity index (χ0) is 26.1. The molecule has 0 bridgehead atoms. The summed E-state index contributed by atoms with van der Waals surface area (Å²) < 4.78 is 5.87. The number of fused-ring (bicyclic) bond motifs is 1. The first-order chi connectivity index (χ1) is 17.3. The van der Waals surface area contributed by atoms with E-state index in [1.54, 1.807) is 16.8 Å². The maximum atomic E-state index is 13.3. The highest BCUT2D eigenvalue weighted by Gasteiger charge is 2.30. The summed E-state index contributed by atoms with van der Waals surface area (Å²) in [5, 5.41) is 0. The highest BCUT2D eigenvalue weighted by molar-refractivity contribution is 5.88. The molecule has 0 N–H and O–H groups in total. The second kappa shape index (κ2) is 13.6. The second-order valence-corrected chi connectivity index (χ2v) is 10.5. The molecule has 1 fully saturated rings. The van der Waals surface area contributed by atoms with Crippen molar-refractivity contribution >= 4 is 17.7 Å². The molecule has 2 heterocycles. The average molecular weight is 501 g/mol. The van der Waals surface area contributed by atoms with Crippen LogP contribution >= 0.6 is 0 Å². The van der Waals surface area contributed by atoms with Crippen molar-refractivity contribution in [2.75, 3.05) is 60.5 Å². The number of amides is 3. The van der Waals surface area contributed by atoms with E-state index in [4.69, 9.17) is 4.74 Å². The summed E-state index contributed by atoms with van der Waals surface area (Å²) >= 11 is 0. The zero-order valence-electron chi connectivity index (χ0n) is 22.6. The highest BCUT2D eigenvalue weighted by atomic mass is 16.5. The minimum absolute atomic E-state index is 0.0565. The lowest BCUT2D eigenvalue weighted by molar-refractivity contribution is -0.145. The Kier molecular flexibility index (Phi) is 10.6. The first-order valence-corrected chi connectivity index (χ1v) is 13.4. The van der Waals surface area contributed by atoms with Gasteiger partial charge in [-0.2, -0.15) is 0 Å². The van der Waals surface area contributed by atoms with E-state index in [9.17, 15) is 14.4 Å². The molecule has 0 unspecified atom stereocenters. The first-order valence-electron chi connectivity index (χ1n) is 13.4. The molecular formula is C28H44N4O4. The number of carbonyl (C=O) groups excluding carboxylic acids is 3. The molecule has 3 rings (SSSR count). The van der Waals surface area contributed by atoms with E-state index >= 15 is 0 Å². The average Bonchev–Trinajstić information content (AvgIpc) is 2.88. The van der Waals surface area contributed by atoms with E-state index in [2.05, 4.69) is 11.8 Å². The fourth-order valence-electron chi connectivity index (χ4n) is 4.96. The lowest BCUT2D eigenvalue weighted by Gasteiger charge is -2.32. The van der Waals surface area contributed by atoms with Crippen molar-refractivity contribution in [1.82, 2.24) is 19.6 Å². The van der Waals surface area contributed by atoms with Gasteiger partial charge in [0.2, 0.25) is 11.8 Å². The quantitative estimate of drug-likeness (QED) is 0.601. The predicted molar refractivity (Wildman–Crippen MR) is 141 cm³/mol. The molecule has 0 saturated carbocycles. The number of piperidine rings is 1. The number of hydrogen-bond donors (Lipinski definition) is 0. The van der Waals surface area contributed by atoms with Gasteiger partial charge in [-0.3, -0.25) is 19.3 Å². The minimum Gasteiger partial charge on any atom is -0.483 e. The lowest BCUT2D eigenvalue weighted by Crippen LogP contribution is -2.50. The van der Waals surface area contributed by atoms with E-state index in [0.29, 0.717) is 32.5 Å². The number of para-hydroxylation sites is 1. The van der Waals surface area contributed by atoms with Gasteiger partial charge >= 0.3 is 0 Å². The Morgan fingerprint density at radius 1 is 1.08 bits per heavy atom. The Bertz CT molecular complexity index is 884. The number of ether oxygens (including phenoxy) is 1. The van der Waals surface area contributed by atoms with E-state index in [1.165, 1.54) is 4.90 Å². The van der Waals surface area contributed by atoms with Crippen molar-refractivity contribution in [3.63, 3.8) is 0 Å². The smallest absolute Gasteiger partial charge is 0.260 e. The Balaban J connectivity index is 1.58. The monoisotopic (exact) mass is 500 g/mol. The minimum atomic E-state index is -0.575. The van der Waals surface area contributed by atoms with Gasteiger partial charge in [0, 0.05) is 34.2 Å². The number of benzene rings is 1. The van der Waals surface area contributed by atoms with E-state index in [-0.39, 0.29) is 24.3 Å². The molecule has 200 valence electrons. The van der Waals surface area contributed by atoms with Crippen LogP contribution in [-0.4, -0.2) is 104 Å². The van der Waals surface area contributed by atoms with Crippen LogP contribution in [0.25, 0.3) is 0 Å². The van der Waals surface area contributed by atoms with Crippen LogP contribution < -0.4 is 4.74 Å². The highest BCUT2D eigenvalue weighted by Crippen LogP contribution is 2.21. The second-order valence-electron chi connectivity index (χ2n) is 10.5. The van der Waals surface area contributed by atoms with Crippen LogP contribution in [0.5, 0.6) is 5.75 Å². The summed E-state index contributed by atoms with van der Waals surface area (Å²) in [6.45, 7) is 5.77. The molecule has 1 aromatic carbocycles. The van der Waals surface area contributed by atoms with Gasteiger partial charge in [0.1, 0.15) is 11.8 Å². The van der Waals surface area contributed by atoms with Crippen LogP contribution in [-0.2, 0) is 20.8 Å². The van der Waals surface area contributed by atoms with Gasteiger partial charge in [0.15, 0.2) is 6.61 Å². The number of carbonyl (C=O) groups is 3. The molecule has 0 aliphatic carbocycles. The number of nitrogens with zero attached hydrogens (tertiary/aromatic N) is 4. The van der Waals surface area contributed by atoms with E-state index in [1.807, 2.05) is 38.4 Å². The number of hydrogen-bond acceptors (Lipinski definition) is 5. The predicted octanol–water partition coefficient (Wildman–Crippen LogP) is 2.66. The molecule has 1 atom stereocenters. The van der Waals surface area contributed by atoms with Gasteiger partial charge in [0.25, 0.3) is 5.91 Å². The number of rotatable bonds is 6. The van der Waals surface area contributed by atoms with Gasteiger partial charge in [-0.05, 0) is 75.6 Å². The fourth-order valence-corrected chi connectivity index (χ4v) is 4.96. The number of likely N-dealkylation sites (N-methyl/N-ethyl adjacent to an activating group) is 3. The maximum Gasteiger partial charge on any atom is 0.260 e. The van der Waals surface area contributed by atoms with Crippen molar-refractivity contribution < 1.29 is 19.1 Å². The van der Waals surface area contributed by atoms with Crippen LogP contribution in [0.15, 0.2) is 24.3 Å². The molecule has 8 nitrogen and oxygen atoms in total. The van der Waals surface area contributed by atoms with Crippen LogP contribution in [0.3, 0.4) is 0 Å². The molecule has 0 spiro atoms. The van der Waals surface area contributed by atoms with Crippen LogP contribution in [0, 0.1) is 5.92 Å². The van der Waals surface area contributed by atoms with Crippen molar-refractivity contribution in [2.45, 2.75) is 57.9 Å². The topological polar surface area (TPSA) is 73.4 Å². The van der Waals surface area contributed by atoms with Gasteiger partial charge < -0.3 is 19.4 Å². The molecule has 2 aliphatic rings. The standard InChI is InChI=1S/C28H44N4O4/c1-22-14-18-32(19-15-22)20-26(33)29(2)17-9-12-24-28(35)30(3)16-8-7-11-23-10-5-6-13-25(23)36-21-27(34)31(24)4/h5-6,10,13,22,24H,7-9,11-12,14-21H2,1-4H3/t24-/m0/s1. The molecule has 1 aromatic rings. The Morgan fingerprint density at radius 3 is 2.56 bits per heavy atom. The van der Waals surface area contributed by atoms with Crippen LogP contribution in [0.1, 0.15) is 51.0 Å². The molecular weight excluding hydrogens is 456 g/mol. The van der Waals surface area contributed by atoms with Crippen molar-refractivity contribution in [1.29, 1.82) is 0 Å². The van der Waals surface area contributed by atoms with E-state index in [0.717, 1.165) is 62.4 Å². The largest absolute Gasteiger partial charge is 0.483 e. The van der Waals surface area contributed by atoms with E-state index < -0.39 is 6.04 Å². The molecule has 0 radical (unpaired) electrons. The van der Waals surface area contributed by atoms with Gasteiger partial charge in [-0.1, -0.05) is 25.1 Å². The summed E-state index contributed by atoms with van der Waals surface area (Å²) in [4.78, 5) is 46.3. The molecule has 36 heavy (non-hydrogen) atoms. The first kappa shape index (κ1) is 28.0. The third kappa shape index (κ3) is 7.95. The fraction of sp³-hybridized carbons (Fsp3) is 0.679. The van der Waals surface area contributed by atoms with Crippen molar-refractivity contribution in [2.24, 2.45) is 5.92 Å². The summed E-state index contributed by atoms with van der Waals surface area (Å²) in [5.74, 6) is 1.30. The summed E-state index contributed by atoms with van der Waals surface area (Å²) in [7, 11) is 5.32. The summed E-state index contributed by atoms with van der Waals surface area (Å²) in [5.41, 5.74) is 1.09. The molecule has 8 heteroatoms. The Morgan fingerprint density at radius 2 is 1.81 bits per heavy atom. The molecule has 2 aliphatic heterocycles. The third-order valence-corrected chi connectivity index (χ3v) is 7.67. The zero-order valence-corrected chi connectivity index (χ0v) is 22.6. The third-order valence-electron chi connectivity index (χ3n) is 7.67. The maximum absolute atomic E-state index is 13.3. The van der Waals surface area contributed by atoms with Crippen molar-refractivity contribution in [3.8, 4) is 5.75 Å². The SMILES string of the molecule is CC1CCN(CC(=O)N(C)CCC[C@H]2C(=O)N(C)CCCCc3ccccc3OCC(=O)N2C)CC1. The Hall–Kier alpha value is -2.61. The molecule has 1 saturated heterocycles.